The second-order valence-electron chi connectivity index (χ2n) is 6.70. The first kappa shape index (κ1) is 18.6. The Balaban J connectivity index is 1.72. The Morgan fingerprint density at radius 3 is 2.48 bits per heavy atom. The van der Waals surface area contributed by atoms with E-state index in [9.17, 15) is 18.3 Å². The largest absolute Gasteiger partial charge is 0.382 e. The smallest absolute Gasteiger partial charge is 0.250 e. The van der Waals surface area contributed by atoms with Crippen molar-refractivity contribution in [2.45, 2.75) is 51.2 Å². The number of aliphatic hydroxyl groups is 1. The Morgan fingerprint density at radius 2 is 1.87 bits per heavy atom. The lowest BCUT2D eigenvalue weighted by Gasteiger charge is -2.23. The van der Waals surface area contributed by atoms with Crippen molar-refractivity contribution in [3.8, 4) is 0 Å². The first-order valence-corrected chi connectivity index (χ1v) is 10.1. The van der Waals surface area contributed by atoms with E-state index in [-0.39, 0.29) is 5.75 Å². The molecule has 1 saturated heterocycles. The highest BCUT2D eigenvalue weighted by Crippen LogP contribution is 2.27. The topological polar surface area (TPSA) is 105 Å². The highest BCUT2D eigenvalue weighted by molar-refractivity contribution is 7.89. The number of nitrogens with one attached hydrogen (secondary N) is 2. The van der Waals surface area contributed by atoms with Crippen LogP contribution in [0.3, 0.4) is 0 Å². The molecule has 0 aromatic carbocycles. The summed E-state index contributed by atoms with van der Waals surface area (Å²) in [6, 6.07) is -0.839. The van der Waals surface area contributed by atoms with E-state index in [1.165, 1.54) is 6.92 Å². The Labute approximate surface area is 138 Å². The lowest BCUT2D eigenvalue weighted by molar-refractivity contribution is -0.130. The number of sulfonamides is 1. The van der Waals surface area contributed by atoms with Gasteiger partial charge in [0.15, 0.2) is 0 Å². The minimum absolute atomic E-state index is 0.0123. The molecule has 2 fully saturated rings. The van der Waals surface area contributed by atoms with Gasteiger partial charge in [0.25, 0.3) is 5.91 Å². The van der Waals surface area contributed by atoms with E-state index < -0.39 is 28.1 Å². The van der Waals surface area contributed by atoms with Gasteiger partial charge < -0.3 is 15.2 Å². The van der Waals surface area contributed by atoms with Crippen molar-refractivity contribution in [1.29, 1.82) is 0 Å². The highest BCUT2D eigenvalue weighted by Gasteiger charge is 2.28. The van der Waals surface area contributed by atoms with E-state index >= 15 is 0 Å². The van der Waals surface area contributed by atoms with Crippen LogP contribution < -0.4 is 10.0 Å². The number of hydrogen-bond donors (Lipinski definition) is 3. The van der Waals surface area contributed by atoms with Gasteiger partial charge in [0.05, 0.1) is 11.8 Å². The number of carbonyl (C=O) groups is 1. The van der Waals surface area contributed by atoms with Gasteiger partial charge in [-0.05, 0) is 50.9 Å². The monoisotopic (exact) mass is 348 g/mol. The molecule has 0 aromatic rings. The fraction of sp³-hybridized carbons (Fsp3) is 0.933. The van der Waals surface area contributed by atoms with Crippen molar-refractivity contribution in [2.24, 2.45) is 11.8 Å². The molecule has 2 atom stereocenters. The van der Waals surface area contributed by atoms with Gasteiger partial charge in [-0.2, -0.15) is 0 Å². The first-order valence-electron chi connectivity index (χ1n) is 8.41. The van der Waals surface area contributed by atoms with Gasteiger partial charge in [-0.3, -0.25) is 4.79 Å². The SMILES string of the molecule is CC(NS(=O)(=O)CCC1CCOCC1)C(O)C(=O)NCC1CC1. The molecular formula is C15H28N2O5S. The van der Waals surface area contributed by atoms with Gasteiger partial charge in [-0.25, -0.2) is 13.1 Å². The van der Waals surface area contributed by atoms with Crippen LogP contribution in [0.15, 0.2) is 0 Å². The van der Waals surface area contributed by atoms with Crippen molar-refractivity contribution in [3.05, 3.63) is 0 Å². The molecule has 1 aliphatic heterocycles. The molecule has 134 valence electrons. The average Bonchev–Trinajstić information content (AvgIpc) is 3.35. The molecular weight excluding hydrogens is 320 g/mol. The molecule has 3 N–H and O–H groups in total. The van der Waals surface area contributed by atoms with Crippen molar-refractivity contribution >= 4 is 15.9 Å². The number of amides is 1. The molecule has 2 unspecified atom stereocenters. The van der Waals surface area contributed by atoms with Crippen LogP contribution in [0.25, 0.3) is 0 Å². The van der Waals surface area contributed by atoms with E-state index in [4.69, 9.17) is 4.74 Å². The second kappa shape index (κ2) is 8.41. The molecule has 2 rings (SSSR count). The van der Waals surface area contributed by atoms with Crippen LogP contribution in [-0.2, 0) is 19.6 Å². The molecule has 1 aliphatic carbocycles. The van der Waals surface area contributed by atoms with E-state index in [1.807, 2.05) is 0 Å². The average molecular weight is 348 g/mol. The Kier molecular flexibility index (Phi) is 6.82. The van der Waals surface area contributed by atoms with Crippen LogP contribution in [0.2, 0.25) is 0 Å². The summed E-state index contributed by atoms with van der Waals surface area (Å²) in [7, 11) is -3.51. The summed E-state index contributed by atoms with van der Waals surface area (Å²) < 4.78 is 31.9. The summed E-state index contributed by atoms with van der Waals surface area (Å²) in [6.07, 6.45) is 3.19. The fourth-order valence-electron chi connectivity index (χ4n) is 2.66. The quantitative estimate of drug-likeness (QED) is 0.544. The predicted octanol–water partition coefficient (Wildman–Crippen LogP) is -0.00190. The molecule has 0 bridgehead atoms. The van der Waals surface area contributed by atoms with Gasteiger partial charge in [0, 0.05) is 19.8 Å². The zero-order valence-corrected chi connectivity index (χ0v) is 14.5. The Bertz CT molecular complexity index is 486. The number of hydrogen-bond acceptors (Lipinski definition) is 5. The lowest BCUT2D eigenvalue weighted by atomic mass is 9.98. The van der Waals surface area contributed by atoms with Crippen molar-refractivity contribution in [3.63, 3.8) is 0 Å². The van der Waals surface area contributed by atoms with Crippen molar-refractivity contribution in [2.75, 3.05) is 25.5 Å². The third-order valence-corrected chi connectivity index (χ3v) is 6.01. The molecule has 7 nitrogen and oxygen atoms in total. The third-order valence-electron chi connectivity index (χ3n) is 4.51. The summed E-state index contributed by atoms with van der Waals surface area (Å²) in [6.45, 7) is 3.44. The van der Waals surface area contributed by atoms with Gasteiger partial charge in [-0.15, -0.1) is 0 Å². The van der Waals surface area contributed by atoms with Crippen LogP contribution >= 0.6 is 0 Å². The normalized spacial score (nSPS) is 22.5. The number of aliphatic hydroxyl groups excluding tert-OH is 1. The molecule has 0 radical (unpaired) electrons. The van der Waals surface area contributed by atoms with Crippen LogP contribution in [0.5, 0.6) is 0 Å². The summed E-state index contributed by atoms with van der Waals surface area (Å²) in [4.78, 5) is 11.8. The molecule has 1 saturated carbocycles. The number of ether oxygens (including phenoxy) is 1. The molecule has 1 amide bonds. The molecule has 23 heavy (non-hydrogen) atoms. The fourth-order valence-corrected chi connectivity index (χ4v) is 4.12. The van der Waals surface area contributed by atoms with E-state index in [0.29, 0.717) is 38.0 Å². The molecule has 0 spiro atoms. The van der Waals surface area contributed by atoms with Crippen molar-refractivity contribution in [1.82, 2.24) is 10.0 Å². The third kappa shape index (κ3) is 6.74. The predicted molar refractivity (Wildman–Crippen MR) is 86.3 cm³/mol. The maximum absolute atomic E-state index is 12.1. The highest BCUT2D eigenvalue weighted by atomic mass is 32.2. The van der Waals surface area contributed by atoms with Gasteiger partial charge >= 0.3 is 0 Å². The van der Waals surface area contributed by atoms with E-state index in [2.05, 4.69) is 10.0 Å². The van der Waals surface area contributed by atoms with E-state index in [0.717, 1.165) is 25.7 Å². The molecule has 8 heteroatoms. The molecule has 1 heterocycles. The minimum Gasteiger partial charge on any atom is -0.382 e. The zero-order chi connectivity index (χ0) is 16.9. The maximum Gasteiger partial charge on any atom is 0.250 e. The zero-order valence-electron chi connectivity index (χ0n) is 13.7. The summed E-state index contributed by atoms with van der Waals surface area (Å²) in [5, 5.41) is 12.6. The minimum atomic E-state index is -3.51. The standard InChI is InChI=1S/C15H28N2O5S/c1-11(14(18)15(19)16-10-13-2-3-13)17-23(20,21)9-6-12-4-7-22-8-5-12/h11-14,17-18H,2-10H2,1H3,(H,16,19). The van der Waals surface area contributed by atoms with Crippen LogP contribution in [-0.4, -0.2) is 57.1 Å². The Morgan fingerprint density at radius 1 is 1.22 bits per heavy atom. The van der Waals surface area contributed by atoms with Gasteiger partial charge in [-0.1, -0.05) is 0 Å². The van der Waals surface area contributed by atoms with Gasteiger partial charge in [0.2, 0.25) is 10.0 Å². The summed E-state index contributed by atoms with van der Waals surface area (Å²) >= 11 is 0. The van der Waals surface area contributed by atoms with Gasteiger partial charge in [0.1, 0.15) is 6.10 Å². The lowest BCUT2D eigenvalue weighted by Crippen LogP contribution is -2.49. The van der Waals surface area contributed by atoms with E-state index in [1.54, 1.807) is 0 Å². The number of rotatable bonds is 9. The maximum atomic E-state index is 12.1. The van der Waals surface area contributed by atoms with Crippen molar-refractivity contribution < 1.29 is 23.1 Å². The molecule has 2 aliphatic rings. The summed E-state index contributed by atoms with van der Waals surface area (Å²) in [5.41, 5.74) is 0. The first-order chi connectivity index (χ1) is 10.9. The molecule has 0 aromatic heterocycles. The Hall–Kier alpha value is -0.700. The second-order valence-corrected chi connectivity index (χ2v) is 8.58. The number of carbonyl (C=O) groups excluding carboxylic acids is 1. The van der Waals surface area contributed by atoms with Crippen LogP contribution in [0.4, 0.5) is 0 Å². The van der Waals surface area contributed by atoms with Crippen LogP contribution in [0, 0.1) is 11.8 Å². The van der Waals surface area contributed by atoms with Crippen LogP contribution in [0.1, 0.15) is 39.0 Å². The summed E-state index contributed by atoms with van der Waals surface area (Å²) in [5.74, 6) is 0.370.